The van der Waals surface area contributed by atoms with Crippen LogP contribution in [0.4, 0.5) is 13.2 Å². The number of piperidine rings is 1. The lowest BCUT2D eigenvalue weighted by atomic mass is 9.83. The summed E-state index contributed by atoms with van der Waals surface area (Å²) >= 11 is -1.54. The summed E-state index contributed by atoms with van der Waals surface area (Å²) in [7, 11) is -7.23. The quantitative estimate of drug-likeness (QED) is 0.298. The summed E-state index contributed by atoms with van der Waals surface area (Å²) in [5, 5.41) is -0.431. The van der Waals surface area contributed by atoms with Crippen molar-refractivity contribution in [1.82, 2.24) is 13.7 Å². The zero-order valence-corrected chi connectivity index (χ0v) is 24.2. The van der Waals surface area contributed by atoms with Gasteiger partial charge in [-0.25, -0.2) is 34.7 Å². The fourth-order valence-corrected chi connectivity index (χ4v) is 9.72. The Morgan fingerprint density at radius 1 is 1.00 bits per heavy atom. The fraction of sp³-hybridized carbons (Fsp3) is 0.750. The molecular formula is C24H36F3N3O5S3. The minimum absolute atomic E-state index is 0.0370. The van der Waals surface area contributed by atoms with Crippen molar-refractivity contribution in [3.05, 3.63) is 35.1 Å². The first-order valence-electron chi connectivity index (χ1n) is 12.9. The van der Waals surface area contributed by atoms with Gasteiger partial charge in [0.2, 0.25) is 20.0 Å². The van der Waals surface area contributed by atoms with E-state index < -0.39 is 64.9 Å². The minimum atomic E-state index is -3.74. The van der Waals surface area contributed by atoms with Gasteiger partial charge in [0.1, 0.15) is 10.6 Å². The number of rotatable bonds is 11. The molecule has 2 unspecified atom stereocenters. The molecule has 2 heterocycles. The van der Waals surface area contributed by atoms with Gasteiger partial charge < -0.3 is 4.55 Å². The molecule has 1 aromatic rings. The second-order valence-corrected chi connectivity index (χ2v) is 17.6. The molecule has 4 atom stereocenters. The Morgan fingerprint density at radius 3 is 2.13 bits per heavy atom. The van der Waals surface area contributed by atoms with Crippen LogP contribution in [-0.4, -0.2) is 66.1 Å². The Hall–Kier alpha value is -0.900. The lowest BCUT2D eigenvalue weighted by molar-refractivity contribution is 0.165. The third kappa shape index (κ3) is 6.87. The van der Waals surface area contributed by atoms with Crippen molar-refractivity contribution in [1.29, 1.82) is 0 Å². The summed E-state index contributed by atoms with van der Waals surface area (Å²) in [6.07, 6.45) is 3.24. The number of nitrogens with one attached hydrogen (secondary N) is 2. The molecule has 3 fully saturated rings. The van der Waals surface area contributed by atoms with Crippen molar-refractivity contribution in [3.8, 4) is 0 Å². The maximum atomic E-state index is 14.5. The van der Waals surface area contributed by atoms with Crippen LogP contribution in [0.3, 0.4) is 0 Å². The first-order chi connectivity index (χ1) is 17.6. The fourth-order valence-electron chi connectivity index (χ4n) is 5.45. The van der Waals surface area contributed by atoms with E-state index in [9.17, 15) is 34.6 Å². The average molecular weight is 600 g/mol. The predicted octanol–water partition coefficient (Wildman–Crippen LogP) is 2.72. The highest BCUT2D eigenvalue weighted by Gasteiger charge is 2.49. The van der Waals surface area contributed by atoms with Gasteiger partial charge in [0.15, 0.2) is 11.6 Å². The first-order valence-corrected chi connectivity index (χ1v) is 17.2. The number of hydrogen-bond acceptors (Lipinski definition) is 6. The Balaban J connectivity index is 1.48. The molecule has 2 saturated heterocycles. The highest BCUT2D eigenvalue weighted by Crippen LogP contribution is 2.42. The molecule has 8 nitrogen and oxygen atoms in total. The van der Waals surface area contributed by atoms with Gasteiger partial charge in [0.25, 0.3) is 0 Å². The topological polar surface area (TPSA) is 119 Å². The van der Waals surface area contributed by atoms with Gasteiger partial charge >= 0.3 is 0 Å². The van der Waals surface area contributed by atoms with Crippen LogP contribution in [0.5, 0.6) is 0 Å². The number of fused-ring (bicyclic) bond motifs is 2. The summed E-state index contributed by atoms with van der Waals surface area (Å²) in [5.74, 6) is -3.88. The van der Waals surface area contributed by atoms with Gasteiger partial charge in [-0.1, -0.05) is 0 Å². The van der Waals surface area contributed by atoms with E-state index in [4.69, 9.17) is 0 Å². The van der Waals surface area contributed by atoms with Crippen molar-refractivity contribution in [3.63, 3.8) is 0 Å². The van der Waals surface area contributed by atoms with E-state index in [-0.39, 0.29) is 42.3 Å². The zero-order chi connectivity index (χ0) is 28.0. The molecule has 2 N–H and O–H groups in total. The molecule has 14 heteroatoms. The highest BCUT2D eigenvalue weighted by atomic mass is 32.2. The first kappa shape index (κ1) is 30.1. The smallest absolute Gasteiger partial charge is 0.215 e. The van der Waals surface area contributed by atoms with Gasteiger partial charge in [0, 0.05) is 36.1 Å². The van der Waals surface area contributed by atoms with Crippen LogP contribution in [0.25, 0.3) is 0 Å². The van der Waals surface area contributed by atoms with Crippen LogP contribution in [0.15, 0.2) is 12.1 Å². The van der Waals surface area contributed by atoms with Crippen LogP contribution in [-0.2, 0) is 37.8 Å². The maximum absolute atomic E-state index is 14.5. The van der Waals surface area contributed by atoms with Crippen LogP contribution in [0.2, 0.25) is 0 Å². The summed E-state index contributed by atoms with van der Waals surface area (Å²) in [4.78, 5) is 0. The van der Waals surface area contributed by atoms with E-state index in [2.05, 4.69) is 9.44 Å². The number of sulfonamides is 2. The molecule has 0 spiro atoms. The molecule has 216 valence electrons. The van der Waals surface area contributed by atoms with Gasteiger partial charge in [-0.3, -0.25) is 0 Å². The van der Waals surface area contributed by atoms with Crippen LogP contribution in [0, 0.1) is 23.4 Å². The Bertz CT molecular complexity index is 1220. The number of halogens is 3. The molecule has 1 aliphatic carbocycles. The normalized spacial score (nSPS) is 26.4. The lowest BCUT2D eigenvalue weighted by Gasteiger charge is -2.41. The Morgan fingerprint density at radius 2 is 1.58 bits per heavy atom. The molecule has 0 radical (unpaired) electrons. The second kappa shape index (κ2) is 11.2. The second-order valence-electron chi connectivity index (χ2n) is 11.6. The SMILES string of the molecule is CC(C)(C)[S@+]([O-])N[C@H](Cc1cc(F)c(F)cc1F)C1CC2CCC(C1)N2S(=O)(=O)CCNS(=O)(=O)C1CC1. The largest absolute Gasteiger partial charge is 0.598 e. The van der Waals surface area contributed by atoms with E-state index >= 15 is 0 Å². The molecule has 4 rings (SSSR count). The Kier molecular flexibility index (Phi) is 8.84. The third-order valence-corrected chi connectivity index (χ3v) is 13.1. The minimum Gasteiger partial charge on any atom is -0.598 e. The van der Waals surface area contributed by atoms with Gasteiger partial charge in [-0.2, -0.15) is 4.31 Å². The van der Waals surface area contributed by atoms with Crippen LogP contribution in [0.1, 0.15) is 64.9 Å². The van der Waals surface area contributed by atoms with Gasteiger partial charge in [-0.15, -0.1) is 4.72 Å². The molecule has 2 aliphatic heterocycles. The summed E-state index contributed by atoms with van der Waals surface area (Å²) in [6, 6.07) is 0.0966. The van der Waals surface area contributed by atoms with Crippen molar-refractivity contribution in [2.75, 3.05) is 12.3 Å². The van der Waals surface area contributed by atoms with E-state index in [1.807, 2.05) is 0 Å². The van der Waals surface area contributed by atoms with Gasteiger partial charge in [0.05, 0.1) is 17.0 Å². The molecule has 0 aromatic heterocycles. The molecule has 3 aliphatic rings. The standard InChI is InChI=1S/C24H36F3N3O5S3/c1-24(2,3)36(31)29-23(13-15-12-21(26)22(27)14-20(15)25)16-10-17-4-5-18(11-16)30(17)37(32,33)9-8-28-38(34,35)19-6-7-19/h12,14,16-19,23,28-29H,4-11,13H2,1-3H3/t16?,17?,18?,23-,36+/m1/s1. The summed E-state index contributed by atoms with van der Waals surface area (Å²) in [6.45, 7) is 5.15. The summed E-state index contributed by atoms with van der Waals surface area (Å²) in [5.41, 5.74) is -0.0438. The van der Waals surface area contributed by atoms with Crippen molar-refractivity contribution >= 4 is 31.4 Å². The molecule has 2 bridgehead atoms. The monoisotopic (exact) mass is 599 g/mol. The zero-order valence-electron chi connectivity index (χ0n) is 21.8. The molecule has 1 saturated carbocycles. The maximum Gasteiger partial charge on any atom is 0.215 e. The summed E-state index contributed by atoms with van der Waals surface area (Å²) < 4.78 is 112. The average Bonchev–Trinajstić information content (AvgIpc) is 3.61. The number of benzene rings is 1. The van der Waals surface area contributed by atoms with E-state index in [0.29, 0.717) is 44.6 Å². The van der Waals surface area contributed by atoms with Crippen molar-refractivity contribution in [2.24, 2.45) is 5.92 Å². The van der Waals surface area contributed by atoms with E-state index in [0.717, 1.165) is 6.07 Å². The van der Waals surface area contributed by atoms with Crippen molar-refractivity contribution < 1.29 is 34.6 Å². The van der Waals surface area contributed by atoms with E-state index in [1.54, 1.807) is 20.8 Å². The highest BCUT2D eigenvalue weighted by molar-refractivity contribution is 7.91. The third-order valence-electron chi connectivity index (χ3n) is 7.56. The molecular weight excluding hydrogens is 563 g/mol. The number of nitrogens with zero attached hydrogens (tertiary/aromatic N) is 1. The van der Waals surface area contributed by atoms with Crippen molar-refractivity contribution in [2.45, 2.75) is 93.8 Å². The predicted molar refractivity (Wildman–Crippen MR) is 140 cm³/mol. The number of hydrogen-bond donors (Lipinski definition) is 2. The van der Waals surface area contributed by atoms with Gasteiger partial charge in [-0.05, 0) is 83.3 Å². The molecule has 1 aromatic carbocycles. The van der Waals surface area contributed by atoms with Crippen LogP contribution < -0.4 is 9.44 Å². The molecule has 0 amide bonds. The Labute approximate surface area is 226 Å². The lowest BCUT2D eigenvalue weighted by Crippen LogP contribution is -2.54. The molecule has 38 heavy (non-hydrogen) atoms. The van der Waals surface area contributed by atoms with E-state index in [1.165, 1.54) is 4.31 Å². The van der Waals surface area contributed by atoms with Crippen LogP contribution >= 0.6 is 0 Å².